The third-order valence-corrected chi connectivity index (χ3v) is 5.55. The van der Waals surface area contributed by atoms with Crippen molar-refractivity contribution in [3.8, 4) is 0 Å². The average Bonchev–Trinajstić information content (AvgIpc) is 2.94. The third-order valence-electron chi connectivity index (χ3n) is 5.55. The van der Waals surface area contributed by atoms with Crippen molar-refractivity contribution in [2.45, 2.75) is 12.5 Å². The highest BCUT2D eigenvalue weighted by molar-refractivity contribution is 5.93. The van der Waals surface area contributed by atoms with Crippen molar-refractivity contribution in [3.63, 3.8) is 0 Å². The number of nitrogens with zero attached hydrogens (tertiary/aromatic N) is 3. The number of hydrogen-bond donors (Lipinski definition) is 1. The van der Waals surface area contributed by atoms with Crippen LogP contribution in [0.25, 0.3) is 5.70 Å². The van der Waals surface area contributed by atoms with Crippen LogP contribution in [0.5, 0.6) is 0 Å². The maximum Gasteiger partial charge on any atom is 0.248 e. The molecular weight excluding hydrogens is 348 g/mol. The molecule has 5 nitrogen and oxygen atoms in total. The maximum absolute atomic E-state index is 11.2. The number of hydrogen-bond acceptors (Lipinski definition) is 4. The summed E-state index contributed by atoms with van der Waals surface area (Å²) < 4.78 is 0. The molecule has 2 aromatic rings. The van der Waals surface area contributed by atoms with Crippen LogP contribution in [0.3, 0.4) is 0 Å². The van der Waals surface area contributed by atoms with Gasteiger partial charge in [0.15, 0.2) is 0 Å². The number of benzene rings is 2. The van der Waals surface area contributed by atoms with Crippen LogP contribution in [0.4, 0.5) is 5.69 Å². The summed E-state index contributed by atoms with van der Waals surface area (Å²) in [6.45, 7) is 2.21. The molecule has 2 aromatic carbocycles. The molecule has 0 spiro atoms. The Bertz CT molecular complexity index is 1020. The summed E-state index contributed by atoms with van der Waals surface area (Å²) in [5.41, 5.74) is 9.35. The van der Waals surface area contributed by atoms with Crippen molar-refractivity contribution in [2.75, 3.05) is 7.05 Å². The zero-order chi connectivity index (χ0) is 19.7. The molecule has 140 valence electrons. The van der Waals surface area contributed by atoms with Gasteiger partial charge in [0, 0.05) is 12.6 Å². The van der Waals surface area contributed by atoms with E-state index >= 15 is 0 Å². The largest absolute Gasteiger partial charge is 0.366 e. The highest BCUT2D eigenvalue weighted by Gasteiger charge is 2.46. The van der Waals surface area contributed by atoms with Crippen molar-refractivity contribution in [3.05, 3.63) is 95.7 Å². The molecule has 28 heavy (non-hydrogen) atoms. The molecule has 1 aliphatic heterocycles. The first-order valence-electron chi connectivity index (χ1n) is 9.22. The molecule has 0 fully saturated rings. The van der Waals surface area contributed by atoms with E-state index in [0.717, 1.165) is 17.0 Å². The molecule has 0 radical (unpaired) electrons. The van der Waals surface area contributed by atoms with E-state index in [-0.39, 0.29) is 11.5 Å². The van der Waals surface area contributed by atoms with E-state index in [1.165, 1.54) is 0 Å². The van der Waals surface area contributed by atoms with Crippen LogP contribution in [0, 0.1) is 5.92 Å². The Kier molecular flexibility index (Phi) is 4.43. The number of likely N-dealkylation sites (N-methyl/N-ethyl adjacent to an activating group) is 1. The Labute approximate surface area is 164 Å². The fourth-order valence-corrected chi connectivity index (χ4v) is 3.82. The lowest BCUT2D eigenvalue weighted by molar-refractivity contribution is 0.100. The second kappa shape index (κ2) is 6.93. The first-order chi connectivity index (χ1) is 13.5. The average molecular weight is 370 g/mol. The molecule has 1 heterocycles. The van der Waals surface area contributed by atoms with E-state index in [0.29, 0.717) is 11.3 Å². The highest BCUT2D eigenvalue weighted by Crippen LogP contribution is 2.48. The molecule has 0 aromatic heterocycles. The molecular formula is C23H22N4O. The summed E-state index contributed by atoms with van der Waals surface area (Å²) in [5, 5.41) is 9.12. The monoisotopic (exact) mass is 370 g/mol. The van der Waals surface area contributed by atoms with Gasteiger partial charge in [-0.15, -0.1) is 0 Å². The molecule has 2 aliphatic rings. The summed E-state index contributed by atoms with van der Waals surface area (Å²) >= 11 is 0. The van der Waals surface area contributed by atoms with Crippen molar-refractivity contribution >= 4 is 17.3 Å². The molecule has 5 heteroatoms. The molecule has 4 rings (SSSR count). The van der Waals surface area contributed by atoms with Crippen LogP contribution in [0.15, 0.2) is 94.8 Å². The Morgan fingerprint density at radius 3 is 2.43 bits per heavy atom. The van der Waals surface area contributed by atoms with Gasteiger partial charge in [-0.2, -0.15) is 10.2 Å². The van der Waals surface area contributed by atoms with Gasteiger partial charge in [-0.25, -0.2) is 0 Å². The number of carbonyl (C=O) groups excluding carboxylic acids is 1. The Morgan fingerprint density at radius 2 is 1.75 bits per heavy atom. The number of fused-ring (bicyclic) bond motifs is 1. The van der Waals surface area contributed by atoms with E-state index in [1.54, 1.807) is 24.3 Å². The Morgan fingerprint density at radius 1 is 1.04 bits per heavy atom. The van der Waals surface area contributed by atoms with Gasteiger partial charge in [-0.1, -0.05) is 54.6 Å². The predicted molar refractivity (Wildman–Crippen MR) is 111 cm³/mol. The maximum atomic E-state index is 11.2. The van der Waals surface area contributed by atoms with E-state index in [9.17, 15) is 4.79 Å². The summed E-state index contributed by atoms with van der Waals surface area (Å²) in [4.78, 5) is 13.5. The third kappa shape index (κ3) is 2.95. The topological polar surface area (TPSA) is 71.1 Å². The molecule has 2 N–H and O–H groups in total. The quantitative estimate of drug-likeness (QED) is 0.794. The second-order valence-corrected chi connectivity index (χ2v) is 7.22. The number of primary amides is 1. The van der Waals surface area contributed by atoms with Crippen molar-refractivity contribution in [1.82, 2.24) is 4.90 Å². The van der Waals surface area contributed by atoms with E-state index in [1.807, 2.05) is 18.2 Å². The highest BCUT2D eigenvalue weighted by atomic mass is 16.1. The van der Waals surface area contributed by atoms with Gasteiger partial charge in [-0.05, 0) is 36.8 Å². The number of carbonyl (C=O) groups is 1. The first kappa shape index (κ1) is 17.9. The number of nitrogens with two attached hydrogens (primary N) is 1. The van der Waals surface area contributed by atoms with Crippen LogP contribution in [0.2, 0.25) is 0 Å². The number of amides is 1. The van der Waals surface area contributed by atoms with Crippen LogP contribution < -0.4 is 5.73 Å². The lowest BCUT2D eigenvalue weighted by Gasteiger charge is -2.37. The summed E-state index contributed by atoms with van der Waals surface area (Å²) in [7, 11) is 2.10. The minimum absolute atomic E-state index is 0.103. The van der Waals surface area contributed by atoms with Gasteiger partial charge in [0.25, 0.3) is 0 Å². The van der Waals surface area contributed by atoms with Crippen LogP contribution >= 0.6 is 0 Å². The van der Waals surface area contributed by atoms with Crippen LogP contribution in [-0.4, -0.2) is 23.4 Å². The zero-order valence-corrected chi connectivity index (χ0v) is 15.9. The number of allylic oxidation sites excluding steroid dienone is 2. The Hall–Kier alpha value is -3.47. The van der Waals surface area contributed by atoms with Crippen molar-refractivity contribution < 1.29 is 4.79 Å². The van der Waals surface area contributed by atoms with Gasteiger partial charge in [0.1, 0.15) is 0 Å². The van der Waals surface area contributed by atoms with Crippen molar-refractivity contribution in [2.24, 2.45) is 21.9 Å². The van der Waals surface area contributed by atoms with Gasteiger partial charge >= 0.3 is 0 Å². The van der Waals surface area contributed by atoms with Gasteiger partial charge in [-0.3, -0.25) is 4.79 Å². The van der Waals surface area contributed by atoms with Crippen LogP contribution in [-0.2, 0) is 0 Å². The van der Waals surface area contributed by atoms with Crippen molar-refractivity contribution in [1.29, 1.82) is 0 Å². The Balaban J connectivity index is 1.78. The molecule has 0 bridgehead atoms. The van der Waals surface area contributed by atoms with Crippen LogP contribution in [0.1, 0.15) is 22.8 Å². The molecule has 0 saturated carbocycles. The standard InChI is InChI=1S/C23H22N4O/c1-23-15-7-6-10-19(23)20(21(27(23)2)16-8-4-3-5-9-16)26-25-18-13-11-17(12-14-18)22(24)28/h3-15,19H,1-2H3,(H2,24,28). The lowest BCUT2D eigenvalue weighted by Crippen LogP contribution is -2.42. The molecule has 2 atom stereocenters. The minimum atomic E-state index is -0.454. The summed E-state index contributed by atoms with van der Waals surface area (Å²) in [6, 6.07) is 17.1. The predicted octanol–water partition coefficient (Wildman–Crippen LogP) is 4.68. The second-order valence-electron chi connectivity index (χ2n) is 7.22. The van der Waals surface area contributed by atoms with E-state index in [4.69, 9.17) is 5.73 Å². The summed E-state index contributed by atoms with van der Waals surface area (Å²) in [5.74, 6) is -0.351. The molecule has 1 amide bonds. The first-order valence-corrected chi connectivity index (χ1v) is 9.22. The molecule has 1 aliphatic carbocycles. The van der Waals surface area contributed by atoms with Gasteiger partial charge < -0.3 is 10.6 Å². The van der Waals surface area contributed by atoms with Gasteiger partial charge in [0.2, 0.25) is 5.91 Å². The summed E-state index contributed by atoms with van der Waals surface area (Å²) in [6.07, 6.45) is 8.53. The number of rotatable bonds is 4. The van der Waals surface area contributed by atoms with E-state index < -0.39 is 5.91 Å². The SMILES string of the molecule is CN1C(c2ccccc2)=C(N=Nc2ccc(C(N)=O)cc2)C2C=CC=CC21C. The lowest BCUT2D eigenvalue weighted by atomic mass is 9.82. The minimum Gasteiger partial charge on any atom is -0.366 e. The fraction of sp³-hybridized carbons (Fsp3) is 0.174. The molecule has 0 saturated heterocycles. The fourth-order valence-electron chi connectivity index (χ4n) is 3.82. The molecule has 2 unspecified atom stereocenters. The zero-order valence-electron chi connectivity index (χ0n) is 15.9. The van der Waals surface area contributed by atoms with E-state index in [2.05, 4.69) is 65.5 Å². The normalized spacial score (nSPS) is 23.5. The van der Waals surface area contributed by atoms with Gasteiger partial charge in [0.05, 0.1) is 28.5 Å². The smallest absolute Gasteiger partial charge is 0.248 e. The number of azo groups is 1.